The molecule has 2 atom stereocenters. The Balaban J connectivity index is 2.27. The van der Waals surface area contributed by atoms with E-state index in [1.54, 1.807) is 14.2 Å². The van der Waals surface area contributed by atoms with Gasteiger partial charge < -0.3 is 18.3 Å². The average molecular weight is 234 g/mol. The summed E-state index contributed by atoms with van der Waals surface area (Å²) in [6.45, 7) is 2.99. The van der Waals surface area contributed by atoms with Crippen LogP contribution >= 0.6 is 0 Å². The van der Waals surface area contributed by atoms with E-state index >= 15 is 0 Å². The fraction of sp³-hybridized carbons (Fsp3) is 1.00. The molecule has 1 rings (SSSR count). The average Bonchev–Trinajstić information content (AvgIpc) is 2.19. The van der Waals surface area contributed by atoms with E-state index in [0.29, 0.717) is 0 Å². The molecule has 1 saturated heterocycles. The maximum atomic E-state index is 5.81. The highest BCUT2D eigenvalue weighted by molar-refractivity contribution is 6.44. The maximum absolute atomic E-state index is 5.81. The molecule has 1 aliphatic heterocycles. The van der Waals surface area contributed by atoms with Crippen molar-refractivity contribution in [2.75, 3.05) is 20.8 Å². The van der Waals surface area contributed by atoms with Gasteiger partial charge in [-0.15, -0.1) is 0 Å². The summed E-state index contributed by atoms with van der Waals surface area (Å²) < 4.78 is 21.7. The van der Waals surface area contributed by atoms with Crippen molar-refractivity contribution in [3.63, 3.8) is 0 Å². The smallest absolute Gasteiger partial charge is 0.323 e. The molecule has 4 nitrogen and oxygen atoms in total. The van der Waals surface area contributed by atoms with Crippen molar-refractivity contribution in [2.24, 2.45) is 0 Å². The lowest BCUT2D eigenvalue weighted by atomic mass is 10.2. The van der Waals surface area contributed by atoms with Crippen LogP contribution in [0, 0.1) is 0 Å². The molecule has 2 unspecified atom stereocenters. The van der Waals surface area contributed by atoms with Gasteiger partial charge in [0.25, 0.3) is 0 Å². The van der Waals surface area contributed by atoms with Crippen LogP contribution in [0.3, 0.4) is 0 Å². The van der Waals surface area contributed by atoms with Crippen molar-refractivity contribution in [3.8, 4) is 0 Å². The van der Waals surface area contributed by atoms with Gasteiger partial charge >= 0.3 is 9.28 Å². The van der Waals surface area contributed by atoms with Gasteiger partial charge in [0.1, 0.15) is 0 Å². The van der Waals surface area contributed by atoms with Crippen molar-refractivity contribution in [1.29, 1.82) is 0 Å². The van der Waals surface area contributed by atoms with E-state index in [9.17, 15) is 0 Å². The molecule has 5 heteroatoms. The summed E-state index contributed by atoms with van der Waals surface area (Å²) in [5, 5.41) is 0. The highest BCUT2D eigenvalue weighted by atomic mass is 28.3. The van der Waals surface area contributed by atoms with Crippen LogP contribution in [0.15, 0.2) is 0 Å². The second-order valence-corrected chi connectivity index (χ2v) is 6.05. The van der Waals surface area contributed by atoms with Crippen LogP contribution in [-0.4, -0.2) is 42.5 Å². The molecule has 1 aliphatic rings. The highest BCUT2D eigenvalue weighted by Crippen LogP contribution is 2.20. The van der Waals surface area contributed by atoms with Gasteiger partial charge in [0.15, 0.2) is 6.29 Å². The SMILES string of the molecule is CCCC(C[SiH](OC)OC)OC1CCO1. The normalized spacial score (nSPS) is 22.8. The van der Waals surface area contributed by atoms with E-state index < -0.39 is 9.28 Å². The van der Waals surface area contributed by atoms with E-state index in [0.717, 1.165) is 31.9 Å². The van der Waals surface area contributed by atoms with E-state index in [-0.39, 0.29) is 12.4 Å². The summed E-state index contributed by atoms with van der Waals surface area (Å²) in [6, 6.07) is 0.903. The first-order valence-corrected chi connectivity index (χ1v) is 7.38. The summed E-state index contributed by atoms with van der Waals surface area (Å²) in [5.41, 5.74) is 0. The van der Waals surface area contributed by atoms with Gasteiger partial charge in [-0.2, -0.15) is 0 Å². The van der Waals surface area contributed by atoms with Crippen LogP contribution in [0.5, 0.6) is 0 Å². The molecule has 90 valence electrons. The Morgan fingerprint density at radius 3 is 2.47 bits per heavy atom. The largest absolute Gasteiger partial charge is 0.400 e. The fourth-order valence-electron chi connectivity index (χ4n) is 1.60. The maximum Gasteiger partial charge on any atom is 0.323 e. The van der Waals surface area contributed by atoms with Crippen LogP contribution in [0.4, 0.5) is 0 Å². The zero-order valence-corrected chi connectivity index (χ0v) is 11.1. The number of rotatable bonds is 8. The van der Waals surface area contributed by atoms with E-state index in [2.05, 4.69) is 6.92 Å². The second kappa shape index (κ2) is 7.35. The molecule has 0 amide bonds. The molecule has 0 aromatic heterocycles. The number of ether oxygens (including phenoxy) is 2. The molecular weight excluding hydrogens is 212 g/mol. The fourth-order valence-corrected chi connectivity index (χ4v) is 2.96. The van der Waals surface area contributed by atoms with Gasteiger partial charge in [-0.1, -0.05) is 13.3 Å². The Morgan fingerprint density at radius 1 is 1.40 bits per heavy atom. The summed E-state index contributed by atoms with van der Waals surface area (Å²) in [7, 11) is 1.92. The molecule has 15 heavy (non-hydrogen) atoms. The Labute approximate surface area is 93.7 Å². The van der Waals surface area contributed by atoms with Gasteiger partial charge in [-0.3, -0.25) is 0 Å². The van der Waals surface area contributed by atoms with Crippen molar-refractivity contribution in [2.45, 2.75) is 44.6 Å². The lowest BCUT2D eigenvalue weighted by Gasteiger charge is -2.31. The van der Waals surface area contributed by atoms with E-state index in [1.807, 2.05) is 0 Å². The third-order valence-electron chi connectivity index (χ3n) is 2.59. The third-order valence-corrected chi connectivity index (χ3v) is 4.56. The first kappa shape index (κ1) is 13.1. The van der Waals surface area contributed by atoms with Crippen LogP contribution in [0.25, 0.3) is 0 Å². The van der Waals surface area contributed by atoms with Gasteiger partial charge in [-0.25, -0.2) is 0 Å². The van der Waals surface area contributed by atoms with Crippen molar-refractivity contribution in [3.05, 3.63) is 0 Å². The van der Waals surface area contributed by atoms with Gasteiger partial charge in [-0.05, 0) is 6.42 Å². The first-order chi connectivity index (χ1) is 7.30. The minimum atomic E-state index is -1.51. The standard InChI is InChI=1S/C10H22O4Si/c1-4-5-9(8-15(11-2)12-3)14-10-6-7-13-10/h9-10,15H,4-8H2,1-3H3. The molecule has 0 aliphatic carbocycles. The zero-order valence-electron chi connectivity index (χ0n) is 9.90. The molecule has 0 spiro atoms. The third kappa shape index (κ3) is 4.61. The second-order valence-electron chi connectivity index (χ2n) is 3.77. The van der Waals surface area contributed by atoms with Gasteiger partial charge in [0, 0.05) is 26.7 Å². The molecule has 0 saturated carbocycles. The molecular formula is C10H22O4Si. The molecule has 0 N–H and O–H groups in total. The molecule has 1 fully saturated rings. The van der Waals surface area contributed by atoms with Crippen LogP contribution in [0.1, 0.15) is 26.2 Å². The van der Waals surface area contributed by atoms with Gasteiger partial charge in [0.05, 0.1) is 12.7 Å². The first-order valence-electron chi connectivity index (χ1n) is 5.62. The lowest BCUT2D eigenvalue weighted by Crippen LogP contribution is -2.36. The summed E-state index contributed by atoms with van der Waals surface area (Å²) in [5.74, 6) is 0. The van der Waals surface area contributed by atoms with Crippen molar-refractivity contribution < 1.29 is 18.3 Å². The lowest BCUT2D eigenvalue weighted by molar-refractivity contribution is -0.234. The van der Waals surface area contributed by atoms with Crippen molar-refractivity contribution in [1.82, 2.24) is 0 Å². The Bertz CT molecular complexity index is 160. The minimum absolute atomic E-state index is 0.0184. The zero-order chi connectivity index (χ0) is 11.1. The predicted octanol–water partition coefficient (Wildman–Crippen LogP) is 1.43. The highest BCUT2D eigenvalue weighted by Gasteiger charge is 2.25. The van der Waals surface area contributed by atoms with E-state index in [1.165, 1.54) is 0 Å². The van der Waals surface area contributed by atoms with Crippen LogP contribution in [-0.2, 0) is 18.3 Å². The van der Waals surface area contributed by atoms with Crippen LogP contribution in [0.2, 0.25) is 6.04 Å². The van der Waals surface area contributed by atoms with Crippen molar-refractivity contribution >= 4 is 9.28 Å². The Kier molecular flexibility index (Phi) is 6.43. The summed E-state index contributed by atoms with van der Waals surface area (Å²) in [4.78, 5) is 0. The number of hydrogen-bond donors (Lipinski definition) is 0. The van der Waals surface area contributed by atoms with E-state index in [4.69, 9.17) is 18.3 Å². The number of hydrogen-bond acceptors (Lipinski definition) is 4. The quantitative estimate of drug-likeness (QED) is 0.595. The summed E-state index contributed by atoms with van der Waals surface area (Å²) >= 11 is 0. The van der Waals surface area contributed by atoms with Gasteiger partial charge in [0.2, 0.25) is 0 Å². The Hall–Kier alpha value is 0.0569. The van der Waals surface area contributed by atoms with Crippen LogP contribution < -0.4 is 0 Å². The molecule has 0 bridgehead atoms. The predicted molar refractivity (Wildman–Crippen MR) is 60.1 cm³/mol. The molecule has 0 aromatic carbocycles. The minimum Gasteiger partial charge on any atom is -0.400 e. The topological polar surface area (TPSA) is 36.9 Å². The molecule has 0 radical (unpaired) electrons. The molecule has 1 heterocycles. The Morgan fingerprint density at radius 2 is 2.07 bits per heavy atom. The monoisotopic (exact) mass is 234 g/mol. The molecule has 0 aromatic rings. The summed E-state index contributed by atoms with van der Waals surface area (Å²) in [6.07, 6.45) is 3.44.